The summed E-state index contributed by atoms with van der Waals surface area (Å²) in [6.07, 6.45) is 3.50. The molecule has 0 bridgehead atoms. The summed E-state index contributed by atoms with van der Waals surface area (Å²) in [7, 11) is 0. The second-order valence-electron chi connectivity index (χ2n) is 6.85. The van der Waals surface area contributed by atoms with Crippen molar-refractivity contribution in [2.45, 2.75) is 26.8 Å². The lowest BCUT2D eigenvalue weighted by Crippen LogP contribution is -2.42. The normalized spacial score (nSPS) is 16.2. The van der Waals surface area contributed by atoms with Gasteiger partial charge in [0.2, 0.25) is 0 Å². The highest BCUT2D eigenvalue weighted by Crippen LogP contribution is 2.35. The van der Waals surface area contributed by atoms with Crippen molar-refractivity contribution in [1.82, 2.24) is 14.8 Å². The number of aryl methyl sites for hydroxylation is 1. The Labute approximate surface area is 168 Å². The number of carbonyl (C=O) groups excluding carboxylic acids is 1. The van der Waals surface area contributed by atoms with Gasteiger partial charge in [0.15, 0.2) is 0 Å². The Morgan fingerprint density at radius 2 is 2.11 bits per heavy atom. The number of aromatic nitrogens is 3. The fourth-order valence-corrected chi connectivity index (χ4v) is 3.77. The van der Waals surface area contributed by atoms with E-state index in [9.17, 15) is 4.79 Å². The molecule has 0 saturated carbocycles. The van der Waals surface area contributed by atoms with Crippen molar-refractivity contribution >= 4 is 23.2 Å². The van der Waals surface area contributed by atoms with Gasteiger partial charge in [-0.3, -0.25) is 14.5 Å². The van der Waals surface area contributed by atoms with E-state index in [2.05, 4.69) is 10.1 Å². The molecule has 3 heterocycles. The maximum absolute atomic E-state index is 13.4. The van der Waals surface area contributed by atoms with E-state index in [4.69, 9.17) is 16.3 Å². The molecule has 4 rings (SSSR count). The molecule has 3 aromatic rings. The first-order valence-corrected chi connectivity index (χ1v) is 9.62. The second kappa shape index (κ2) is 7.28. The van der Waals surface area contributed by atoms with E-state index in [1.165, 1.54) is 0 Å². The molecule has 0 aliphatic carbocycles. The number of nitrogens with zero attached hydrogens (tertiary/aromatic N) is 4. The molecule has 1 unspecified atom stereocenters. The predicted molar refractivity (Wildman–Crippen MR) is 109 cm³/mol. The number of rotatable bonds is 4. The lowest BCUT2D eigenvalue weighted by molar-refractivity contribution is 0.0954. The summed E-state index contributed by atoms with van der Waals surface area (Å²) in [5.74, 6) is 0.517. The van der Waals surface area contributed by atoms with E-state index < -0.39 is 0 Å². The van der Waals surface area contributed by atoms with Gasteiger partial charge in [-0.15, -0.1) is 0 Å². The molecule has 7 heteroatoms. The quantitative estimate of drug-likeness (QED) is 0.650. The van der Waals surface area contributed by atoms with Crippen LogP contribution in [0.4, 0.5) is 5.69 Å². The van der Waals surface area contributed by atoms with Crippen LogP contribution in [0.15, 0.2) is 42.7 Å². The zero-order chi connectivity index (χ0) is 19.8. The van der Waals surface area contributed by atoms with E-state index >= 15 is 0 Å². The Hall–Kier alpha value is -2.86. The number of hydrogen-bond donors (Lipinski definition) is 0. The Morgan fingerprint density at radius 1 is 1.29 bits per heavy atom. The third-order valence-electron chi connectivity index (χ3n) is 4.84. The minimum absolute atomic E-state index is 0.0368. The first kappa shape index (κ1) is 18.5. The minimum atomic E-state index is -0.0970. The first-order valence-electron chi connectivity index (χ1n) is 9.24. The van der Waals surface area contributed by atoms with Crippen LogP contribution in [0.3, 0.4) is 0 Å². The van der Waals surface area contributed by atoms with Crippen molar-refractivity contribution in [1.29, 1.82) is 0 Å². The topological polar surface area (TPSA) is 60.2 Å². The zero-order valence-electron chi connectivity index (χ0n) is 16.0. The van der Waals surface area contributed by atoms with E-state index in [1.807, 2.05) is 39.0 Å². The van der Waals surface area contributed by atoms with Crippen LogP contribution in [0.5, 0.6) is 5.75 Å². The van der Waals surface area contributed by atoms with Crippen LogP contribution >= 0.6 is 11.6 Å². The fraction of sp³-hybridized carbons (Fsp3) is 0.286. The van der Waals surface area contributed by atoms with Gasteiger partial charge < -0.3 is 9.64 Å². The second-order valence-corrected chi connectivity index (χ2v) is 7.26. The van der Waals surface area contributed by atoms with Crippen molar-refractivity contribution < 1.29 is 9.53 Å². The summed E-state index contributed by atoms with van der Waals surface area (Å²) in [6.45, 7) is 6.94. The molecular formula is C21H21ClN4O2. The van der Waals surface area contributed by atoms with E-state index in [1.54, 1.807) is 34.1 Å². The van der Waals surface area contributed by atoms with Gasteiger partial charge in [0, 0.05) is 29.7 Å². The van der Waals surface area contributed by atoms with Crippen molar-refractivity contribution in [2.24, 2.45) is 0 Å². The molecule has 2 aromatic heterocycles. The number of carbonyl (C=O) groups is 1. The summed E-state index contributed by atoms with van der Waals surface area (Å²) < 4.78 is 7.31. The van der Waals surface area contributed by atoms with Crippen LogP contribution in [0.25, 0.3) is 11.1 Å². The Morgan fingerprint density at radius 3 is 2.82 bits per heavy atom. The molecule has 0 saturated heterocycles. The molecule has 0 N–H and O–H groups in total. The molecule has 0 spiro atoms. The lowest BCUT2D eigenvalue weighted by atomic mass is 10.0. The minimum Gasteiger partial charge on any atom is -0.492 e. The molecule has 1 aromatic carbocycles. The van der Waals surface area contributed by atoms with Crippen LogP contribution in [-0.4, -0.2) is 33.8 Å². The molecular weight excluding hydrogens is 376 g/mol. The summed E-state index contributed by atoms with van der Waals surface area (Å²) in [4.78, 5) is 19.4. The number of fused-ring (bicyclic) bond motifs is 1. The Kier molecular flexibility index (Phi) is 4.81. The van der Waals surface area contributed by atoms with Crippen molar-refractivity contribution in [3.63, 3.8) is 0 Å². The number of pyridine rings is 1. The number of benzene rings is 1. The summed E-state index contributed by atoms with van der Waals surface area (Å²) >= 11 is 6.35. The number of hydrogen-bond acceptors (Lipinski definition) is 4. The summed E-state index contributed by atoms with van der Waals surface area (Å²) in [6, 6.07) is 9.34. The third-order valence-corrected chi connectivity index (χ3v) is 5.14. The van der Waals surface area contributed by atoms with Crippen LogP contribution in [0.1, 0.15) is 36.1 Å². The van der Waals surface area contributed by atoms with Gasteiger partial charge >= 0.3 is 0 Å². The lowest BCUT2D eigenvalue weighted by Gasteiger charge is -2.32. The number of ether oxygens (including phenoxy) is 1. The van der Waals surface area contributed by atoms with Gasteiger partial charge in [-0.05, 0) is 56.7 Å². The number of amides is 1. The third kappa shape index (κ3) is 3.14. The van der Waals surface area contributed by atoms with Crippen molar-refractivity contribution in [3.8, 4) is 16.9 Å². The molecule has 6 nitrogen and oxygen atoms in total. The maximum Gasteiger partial charge on any atom is 0.277 e. The van der Waals surface area contributed by atoms with Crippen molar-refractivity contribution in [3.05, 3.63) is 59.1 Å². The molecule has 0 radical (unpaired) electrons. The SMILES string of the molecule is CCOc1ccc(N2CC(C)n3ncc(-c4ccnc(C)c4)c3C2=O)cc1Cl. The van der Waals surface area contributed by atoms with E-state index in [0.717, 1.165) is 22.5 Å². The van der Waals surface area contributed by atoms with Crippen LogP contribution in [0, 0.1) is 6.92 Å². The zero-order valence-corrected chi connectivity index (χ0v) is 16.8. The molecule has 1 aliphatic rings. The molecule has 1 atom stereocenters. The number of anilines is 1. The highest BCUT2D eigenvalue weighted by atomic mass is 35.5. The van der Waals surface area contributed by atoms with E-state index in [-0.39, 0.29) is 11.9 Å². The van der Waals surface area contributed by atoms with Gasteiger partial charge in [-0.25, -0.2) is 0 Å². The van der Waals surface area contributed by atoms with Gasteiger partial charge in [-0.2, -0.15) is 5.10 Å². The van der Waals surface area contributed by atoms with Gasteiger partial charge in [0.05, 0.1) is 23.9 Å². The van der Waals surface area contributed by atoms with E-state index in [0.29, 0.717) is 29.6 Å². The molecule has 28 heavy (non-hydrogen) atoms. The molecule has 0 fully saturated rings. The summed E-state index contributed by atoms with van der Waals surface area (Å²) in [5.41, 5.74) is 3.96. The summed E-state index contributed by atoms with van der Waals surface area (Å²) in [5, 5.41) is 4.97. The predicted octanol–water partition coefficient (Wildman–Crippen LogP) is 4.53. The van der Waals surface area contributed by atoms with Gasteiger partial charge in [-0.1, -0.05) is 11.6 Å². The largest absolute Gasteiger partial charge is 0.492 e. The van der Waals surface area contributed by atoms with Crippen LogP contribution in [-0.2, 0) is 0 Å². The standard InChI is InChI=1S/C21H21ClN4O2/c1-4-28-19-6-5-16(10-18(19)22)25-12-14(3)26-20(21(25)27)17(11-24-26)15-7-8-23-13(2)9-15/h5-11,14H,4,12H2,1-3H3. The van der Waals surface area contributed by atoms with Crippen LogP contribution < -0.4 is 9.64 Å². The maximum atomic E-state index is 13.4. The highest BCUT2D eigenvalue weighted by Gasteiger charge is 2.34. The van der Waals surface area contributed by atoms with Gasteiger partial charge in [0.1, 0.15) is 11.4 Å². The molecule has 144 valence electrons. The van der Waals surface area contributed by atoms with Gasteiger partial charge in [0.25, 0.3) is 5.91 Å². The smallest absolute Gasteiger partial charge is 0.277 e. The molecule has 1 aliphatic heterocycles. The first-order chi connectivity index (χ1) is 13.5. The monoisotopic (exact) mass is 396 g/mol. The average molecular weight is 397 g/mol. The molecule has 1 amide bonds. The van der Waals surface area contributed by atoms with Crippen LogP contribution in [0.2, 0.25) is 5.02 Å². The van der Waals surface area contributed by atoms with Crippen molar-refractivity contribution in [2.75, 3.05) is 18.1 Å². The Balaban J connectivity index is 1.76. The number of halogens is 1. The average Bonchev–Trinajstić information content (AvgIpc) is 3.12. The highest BCUT2D eigenvalue weighted by molar-refractivity contribution is 6.32. The Bertz CT molecular complexity index is 1050. The fourth-order valence-electron chi connectivity index (χ4n) is 3.54.